The molecule has 1 aromatic carbocycles. The molecule has 1 saturated carbocycles. The lowest BCUT2D eigenvalue weighted by Gasteiger charge is -2.15. The maximum absolute atomic E-state index is 12.2. The summed E-state index contributed by atoms with van der Waals surface area (Å²) >= 11 is 0. The standard InChI is InChI=1S/C14H20N2O3/c1-8(9-4-5-9)16-14(17)10-6-12(18-2)13(19-3)7-11(10)15/h6-9H,4-5,15H2,1-3H3,(H,16,17). The lowest BCUT2D eigenvalue weighted by atomic mass is 10.1. The highest BCUT2D eigenvalue weighted by atomic mass is 16.5. The van der Waals surface area contributed by atoms with Crippen molar-refractivity contribution < 1.29 is 14.3 Å². The zero-order valence-corrected chi connectivity index (χ0v) is 11.5. The summed E-state index contributed by atoms with van der Waals surface area (Å²) in [6.07, 6.45) is 2.37. The number of carbonyl (C=O) groups excluding carboxylic acids is 1. The average molecular weight is 264 g/mol. The van der Waals surface area contributed by atoms with Crippen LogP contribution in [-0.2, 0) is 0 Å². The normalized spacial score (nSPS) is 15.7. The van der Waals surface area contributed by atoms with E-state index in [1.165, 1.54) is 27.1 Å². The van der Waals surface area contributed by atoms with E-state index in [-0.39, 0.29) is 11.9 Å². The van der Waals surface area contributed by atoms with Gasteiger partial charge in [-0.15, -0.1) is 0 Å². The summed E-state index contributed by atoms with van der Waals surface area (Å²) in [6.45, 7) is 2.02. The molecule has 104 valence electrons. The second-order valence-corrected chi connectivity index (χ2v) is 4.89. The highest BCUT2D eigenvalue weighted by Gasteiger charge is 2.29. The van der Waals surface area contributed by atoms with Gasteiger partial charge in [-0.2, -0.15) is 0 Å². The van der Waals surface area contributed by atoms with Gasteiger partial charge in [0.15, 0.2) is 11.5 Å². The molecule has 0 bridgehead atoms. The summed E-state index contributed by atoms with van der Waals surface area (Å²) in [7, 11) is 3.06. The lowest BCUT2D eigenvalue weighted by molar-refractivity contribution is 0.0936. The fraction of sp³-hybridized carbons (Fsp3) is 0.500. The van der Waals surface area contributed by atoms with Gasteiger partial charge in [0.1, 0.15) is 0 Å². The van der Waals surface area contributed by atoms with E-state index in [9.17, 15) is 4.79 Å². The average Bonchev–Trinajstić information content (AvgIpc) is 3.22. The zero-order valence-electron chi connectivity index (χ0n) is 11.5. The van der Waals surface area contributed by atoms with E-state index in [0.717, 1.165) is 0 Å². The lowest BCUT2D eigenvalue weighted by Crippen LogP contribution is -2.34. The van der Waals surface area contributed by atoms with Crippen molar-refractivity contribution in [2.75, 3.05) is 20.0 Å². The van der Waals surface area contributed by atoms with Crippen molar-refractivity contribution in [1.82, 2.24) is 5.32 Å². The number of hydrogen-bond acceptors (Lipinski definition) is 4. The Morgan fingerprint density at radius 2 is 1.89 bits per heavy atom. The van der Waals surface area contributed by atoms with Crippen LogP contribution in [0.25, 0.3) is 0 Å². The molecule has 0 radical (unpaired) electrons. The first kappa shape index (κ1) is 13.5. The number of ether oxygens (including phenoxy) is 2. The highest BCUT2D eigenvalue weighted by Crippen LogP contribution is 2.34. The van der Waals surface area contributed by atoms with Gasteiger partial charge in [-0.05, 0) is 31.7 Å². The highest BCUT2D eigenvalue weighted by molar-refractivity contribution is 6.00. The minimum Gasteiger partial charge on any atom is -0.493 e. The topological polar surface area (TPSA) is 73.6 Å². The first-order chi connectivity index (χ1) is 9.06. The molecule has 2 rings (SSSR count). The van der Waals surface area contributed by atoms with Gasteiger partial charge in [-0.25, -0.2) is 0 Å². The van der Waals surface area contributed by atoms with Crippen molar-refractivity contribution in [2.45, 2.75) is 25.8 Å². The number of methoxy groups -OCH3 is 2. The Morgan fingerprint density at radius 1 is 1.32 bits per heavy atom. The number of carbonyl (C=O) groups is 1. The van der Waals surface area contributed by atoms with Crippen LogP contribution in [0.4, 0.5) is 5.69 Å². The Bertz CT molecular complexity index is 484. The quantitative estimate of drug-likeness (QED) is 0.795. The molecule has 19 heavy (non-hydrogen) atoms. The van der Waals surface area contributed by atoms with Gasteiger partial charge in [0.05, 0.1) is 19.8 Å². The second-order valence-electron chi connectivity index (χ2n) is 4.89. The Hall–Kier alpha value is -1.91. The molecule has 1 amide bonds. The summed E-state index contributed by atoms with van der Waals surface area (Å²) < 4.78 is 10.3. The SMILES string of the molecule is COc1cc(N)c(C(=O)NC(C)C2CC2)cc1OC. The number of nitrogens with one attached hydrogen (secondary N) is 1. The zero-order chi connectivity index (χ0) is 14.0. The van der Waals surface area contributed by atoms with Gasteiger partial charge in [-0.3, -0.25) is 4.79 Å². The Kier molecular flexibility index (Phi) is 3.83. The molecule has 0 heterocycles. The van der Waals surface area contributed by atoms with E-state index < -0.39 is 0 Å². The van der Waals surface area contributed by atoms with Crippen LogP contribution in [0.15, 0.2) is 12.1 Å². The number of nitrogen functional groups attached to an aromatic ring is 1. The van der Waals surface area contributed by atoms with Crippen molar-refractivity contribution in [3.63, 3.8) is 0 Å². The van der Waals surface area contributed by atoms with E-state index in [2.05, 4.69) is 5.32 Å². The number of hydrogen-bond donors (Lipinski definition) is 2. The van der Waals surface area contributed by atoms with Gasteiger partial charge in [0.25, 0.3) is 5.91 Å². The first-order valence-corrected chi connectivity index (χ1v) is 6.39. The van der Waals surface area contributed by atoms with Crippen molar-refractivity contribution in [1.29, 1.82) is 0 Å². The van der Waals surface area contributed by atoms with Crippen LogP contribution in [0.1, 0.15) is 30.1 Å². The third-order valence-electron chi connectivity index (χ3n) is 3.49. The van der Waals surface area contributed by atoms with Gasteiger partial charge in [-0.1, -0.05) is 0 Å². The maximum Gasteiger partial charge on any atom is 0.253 e. The molecule has 1 aromatic rings. The van der Waals surface area contributed by atoms with Gasteiger partial charge >= 0.3 is 0 Å². The van der Waals surface area contributed by atoms with Crippen LogP contribution in [0.3, 0.4) is 0 Å². The molecule has 0 aromatic heterocycles. The molecule has 5 heteroatoms. The molecule has 0 aliphatic heterocycles. The predicted molar refractivity (Wildman–Crippen MR) is 73.6 cm³/mol. The minimum absolute atomic E-state index is 0.169. The van der Waals surface area contributed by atoms with Gasteiger partial charge in [0, 0.05) is 17.8 Å². The number of nitrogens with two attached hydrogens (primary N) is 1. The number of amides is 1. The second kappa shape index (κ2) is 5.38. The molecule has 3 N–H and O–H groups in total. The van der Waals surface area contributed by atoms with Crippen molar-refractivity contribution in [3.05, 3.63) is 17.7 Å². The van der Waals surface area contributed by atoms with Crippen LogP contribution < -0.4 is 20.5 Å². The van der Waals surface area contributed by atoms with Crippen molar-refractivity contribution in [3.8, 4) is 11.5 Å². The largest absolute Gasteiger partial charge is 0.493 e. The Labute approximate surface area is 113 Å². The van der Waals surface area contributed by atoms with Crippen LogP contribution >= 0.6 is 0 Å². The molecule has 1 fully saturated rings. The summed E-state index contributed by atoms with van der Waals surface area (Å²) in [5, 5.41) is 2.97. The van der Waals surface area contributed by atoms with E-state index in [1.54, 1.807) is 12.1 Å². The van der Waals surface area contributed by atoms with Gasteiger partial charge in [0.2, 0.25) is 0 Å². The summed E-state index contributed by atoms with van der Waals surface area (Å²) in [5.41, 5.74) is 6.70. The van der Waals surface area contributed by atoms with Crippen LogP contribution in [0.2, 0.25) is 0 Å². The molecule has 1 aliphatic carbocycles. The molecule has 5 nitrogen and oxygen atoms in total. The van der Waals surface area contributed by atoms with Crippen LogP contribution in [-0.4, -0.2) is 26.2 Å². The van der Waals surface area contributed by atoms with Crippen LogP contribution in [0.5, 0.6) is 11.5 Å². The Balaban J connectivity index is 2.20. The van der Waals surface area contributed by atoms with E-state index >= 15 is 0 Å². The summed E-state index contributed by atoms with van der Waals surface area (Å²) in [6, 6.07) is 3.40. The monoisotopic (exact) mass is 264 g/mol. The van der Waals surface area contributed by atoms with E-state index in [1.807, 2.05) is 6.92 Å². The first-order valence-electron chi connectivity index (χ1n) is 6.39. The fourth-order valence-corrected chi connectivity index (χ4v) is 2.09. The van der Waals surface area contributed by atoms with Crippen molar-refractivity contribution >= 4 is 11.6 Å². The summed E-state index contributed by atoms with van der Waals surface area (Å²) in [5.74, 6) is 1.45. The third-order valence-corrected chi connectivity index (χ3v) is 3.49. The smallest absolute Gasteiger partial charge is 0.253 e. The molecular weight excluding hydrogens is 244 g/mol. The molecule has 1 unspecified atom stereocenters. The van der Waals surface area contributed by atoms with Crippen molar-refractivity contribution in [2.24, 2.45) is 5.92 Å². The Morgan fingerprint density at radius 3 is 2.42 bits per heavy atom. The molecule has 0 spiro atoms. The maximum atomic E-state index is 12.2. The number of benzene rings is 1. The summed E-state index contributed by atoms with van der Waals surface area (Å²) in [4.78, 5) is 12.2. The molecular formula is C14H20N2O3. The predicted octanol–water partition coefficient (Wildman–Crippen LogP) is 1.81. The van der Waals surface area contributed by atoms with E-state index in [4.69, 9.17) is 15.2 Å². The molecule has 0 saturated heterocycles. The molecule has 1 aliphatic rings. The number of rotatable bonds is 5. The number of anilines is 1. The fourth-order valence-electron chi connectivity index (χ4n) is 2.09. The van der Waals surface area contributed by atoms with E-state index in [0.29, 0.717) is 28.7 Å². The minimum atomic E-state index is -0.169. The molecule has 1 atom stereocenters. The van der Waals surface area contributed by atoms with Crippen LogP contribution in [0, 0.1) is 5.92 Å². The third kappa shape index (κ3) is 2.92. The van der Waals surface area contributed by atoms with Gasteiger partial charge < -0.3 is 20.5 Å².